The van der Waals surface area contributed by atoms with E-state index in [2.05, 4.69) is 22.9 Å². The molecule has 3 aromatic rings. The number of carbonyl (C=O) groups excluding carboxylic acids is 1. The highest BCUT2D eigenvalue weighted by molar-refractivity contribution is 6.09. The van der Waals surface area contributed by atoms with E-state index >= 15 is 0 Å². The van der Waals surface area contributed by atoms with Gasteiger partial charge >= 0.3 is 6.18 Å². The van der Waals surface area contributed by atoms with Crippen LogP contribution in [-0.2, 0) is 11.3 Å². The fraction of sp³-hybridized carbons (Fsp3) is 0.316. The predicted octanol–water partition coefficient (Wildman–Crippen LogP) is 4.29. The number of alkyl halides is 3. The summed E-state index contributed by atoms with van der Waals surface area (Å²) in [6.07, 6.45) is -4.42. The second kappa shape index (κ2) is 6.90. The highest BCUT2D eigenvalue weighted by atomic mass is 19.4. The maximum absolute atomic E-state index is 12.2. The molecule has 26 heavy (non-hydrogen) atoms. The first-order chi connectivity index (χ1) is 12.3. The summed E-state index contributed by atoms with van der Waals surface area (Å²) in [5, 5.41) is 7.00. The third kappa shape index (κ3) is 3.61. The number of anilines is 1. The summed E-state index contributed by atoms with van der Waals surface area (Å²) < 4.78 is 38.9. The first-order valence-electron chi connectivity index (χ1n) is 8.42. The van der Waals surface area contributed by atoms with Crippen molar-refractivity contribution >= 4 is 33.4 Å². The lowest BCUT2D eigenvalue weighted by Crippen LogP contribution is -2.42. The van der Waals surface area contributed by atoms with Crippen LogP contribution in [-0.4, -0.2) is 29.2 Å². The normalized spacial score (nSPS) is 13.1. The Morgan fingerprint density at radius 3 is 2.50 bits per heavy atom. The zero-order valence-corrected chi connectivity index (χ0v) is 14.5. The Bertz CT molecular complexity index is 946. The lowest BCUT2D eigenvalue weighted by molar-refractivity contribution is -0.138. The third-order valence-electron chi connectivity index (χ3n) is 4.33. The molecule has 1 aromatic heterocycles. The largest absolute Gasteiger partial charge is 0.405 e. The van der Waals surface area contributed by atoms with Crippen LogP contribution in [0.5, 0.6) is 0 Å². The summed E-state index contributed by atoms with van der Waals surface area (Å²) in [5.41, 5.74) is 2.89. The van der Waals surface area contributed by atoms with E-state index < -0.39 is 24.7 Å². The van der Waals surface area contributed by atoms with Crippen LogP contribution >= 0.6 is 0 Å². The van der Waals surface area contributed by atoms with Gasteiger partial charge in [-0.25, -0.2) is 0 Å². The summed E-state index contributed by atoms with van der Waals surface area (Å²) in [5.74, 6) is -0.696. The van der Waals surface area contributed by atoms with Gasteiger partial charge in [0.05, 0.1) is 0 Å². The van der Waals surface area contributed by atoms with Crippen LogP contribution in [0.25, 0.3) is 21.8 Å². The SMILES string of the molecule is CCn1c2ccccc2c2cc(NC(C)C(=O)NCC(F)(F)F)ccc21. The molecule has 0 spiro atoms. The van der Waals surface area contributed by atoms with Gasteiger partial charge in [0.25, 0.3) is 0 Å². The lowest BCUT2D eigenvalue weighted by Gasteiger charge is -2.16. The van der Waals surface area contributed by atoms with E-state index in [1.54, 1.807) is 0 Å². The first-order valence-corrected chi connectivity index (χ1v) is 8.42. The van der Waals surface area contributed by atoms with E-state index in [0.717, 1.165) is 28.4 Å². The van der Waals surface area contributed by atoms with E-state index in [1.807, 2.05) is 41.7 Å². The Labute approximate surface area is 149 Å². The molecule has 1 atom stereocenters. The average Bonchev–Trinajstić information content (AvgIpc) is 2.92. The third-order valence-corrected chi connectivity index (χ3v) is 4.33. The van der Waals surface area contributed by atoms with Crippen LogP contribution in [0, 0.1) is 0 Å². The summed E-state index contributed by atoms with van der Waals surface area (Å²) >= 11 is 0. The zero-order chi connectivity index (χ0) is 18.9. The van der Waals surface area contributed by atoms with Crippen molar-refractivity contribution in [1.29, 1.82) is 0 Å². The number of carbonyl (C=O) groups is 1. The number of aromatic nitrogens is 1. The van der Waals surface area contributed by atoms with E-state index in [9.17, 15) is 18.0 Å². The van der Waals surface area contributed by atoms with Gasteiger partial charge in [-0.2, -0.15) is 13.2 Å². The van der Waals surface area contributed by atoms with Crippen LogP contribution in [0.1, 0.15) is 13.8 Å². The lowest BCUT2D eigenvalue weighted by atomic mass is 10.1. The maximum Gasteiger partial charge on any atom is 0.405 e. The number of halogens is 3. The molecule has 138 valence electrons. The van der Waals surface area contributed by atoms with Crippen molar-refractivity contribution < 1.29 is 18.0 Å². The predicted molar refractivity (Wildman–Crippen MR) is 97.3 cm³/mol. The van der Waals surface area contributed by atoms with E-state index in [-0.39, 0.29) is 0 Å². The van der Waals surface area contributed by atoms with Gasteiger partial charge in [-0.15, -0.1) is 0 Å². The number of aryl methyl sites for hydroxylation is 1. The molecule has 1 unspecified atom stereocenters. The second-order valence-corrected chi connectivity index (χ2v) is 6.19. The van der Waals surface area contributed by atoms with Crippen molar-refractivity contribution in [2.45, 2.75) is 32.6 Å². The van der Waals surface area contributed by atoms with Crippen LogP contribution in [0.2, 0.25) is 0 Å². The number of benzene rings is 2. The number of amides is 1. The molecule has 7 heteroatoms. The van der Waals surface area contributed by atoms with Gasteiger partial charge in [0.1, 0.15) is 12.6 Å². The molecule has 0 fully saturated rings. The quantitative estimate of drug-likeness (QED) is 0.710. The van der Waals surface area contributed by atoms with E-state index in [4.69, 9.17) is 0 Å². The molecular formula is C19H20F3N3O. The molecule has 0 radical (unpaired) electrons. The molecule has 0 saturated heterocycles. The number of hydrogen-bond acceptors (Lipinski definition) is 2. The van der Waals surface area contributed by atoms with Crippen molar-refractivity contribution in [3.05, 3.63) is 42.5 Å². The fourth-order valence-corrected chi connectivity index (χ4v) is 3.14. The summed E-state index contributed by atoms with van der Waals surface area (Å²) in [7, 11) is 0. The highest BCUT2D eigenvalue weighted by Gasteiger charge is 2.28. The van der Waals surface area contributed by atoms with E-state index in [1.165, 1.54) is 6.92 Å². The molecule has 0 aliphatic heterocycles. The Kier molecular flexibility index (Phi) is 4.80. The van der Waals surface area contributed by atoms with Gasteiger partial charge in [0, 0.05) is 34.0 Å². The molecule has 2 aromatic carbocycles. The Morgan fingerprint density at radius 2 is 1.81 bits per heavy atom. The smallest absolute Gasteiger partial charge is 0.374 e. The van der Waals surface area contributed by atoms with Crippen LogP contribution in [0.3, 0.4) is 0 Å². The van der Waals surface area contributed by atoms with Crippen molar-refractivity contribution in [3.8, 4) is 0 Å². The van der Waals surface area contributed by atoms with Gasteiger partial charge in [0.2, 0.25) is 5.91 Å². The highest BCUT2D eigenvalue weighted by Crippen LogP contribution is 2.31. The monoisotopic (exact) mass is 363 g/mol. The first kappa shape index (κ1) is 18.1. The standard InChI is InChI=1S/C19H20F3N3O/c1-3-25-16-7-5-4-6-14(16)15-10-13(8-9-17(15)25)24-12(2)18(26)23-11-19(20,21)22/h4-10,12,24H,3,11H2,1-2H3,(H,23,26). The minimum absolute atomic E-state index is 0.686. The minimum atomic E-state index is -4.42. The number of nitrogens with one attached hydrogen (secondary N) is 2. The Balaban J connectivity index is 1.85. The molecule has 1 heterocycles. The van der Waals surface area contributed by atoms with Crippen molar-refractivity contribution in [2.24, 2.45) is 0 Å². The Hall–Kier alpha value is -2.70. The van der Waals surface area contributed by atoms with Gasteiger partial charge in [0.15, 0.2) is 0 Å². The Morgan fingerprint density at radius 1 is 1.12 bits per heavy atom. The van der Waals surface area contributed by atoms with Crippen LogP contribution < -0.4 is 10.6 Å². The molecule has 0 aliphatic rings. The molecule has 0 saturated carbocycles. The van der Waals surface area contributed by atoms with Crippen molar-refractivity contribution in [1.82, 2.24) is 9.88 Å². The molecule has 2 N–H and O–H groups in total. The van der Waals surface area contributed by atoms with Crippen LogP contribution in [0.15, 0.2) is 42.5 Å². The second-order valence-electron chi connectivity index (χ2n) is 6.19. The van der Waals surface area contributed by atoms with E-state index in [0.29, 0.717) is 5.69 Å². The summed E-state index contributed by atoms with van der Waals surface area (Å²) in [4.78, 5) is 11.8. The van der Waals surface area contributed by atoms with Crippen molar-refractivity contribution in [3.63, 3.8) is 0 Å². The number of hydrogen-bond donors (Lipinski definition) is 2. The number of para-hydroxylation sites is 1. The maximum atomic E-state index is 12.2. The minimum Gasteiger partial charge on any atom is -0.374 e. The van der Waals surface area contributed by atoms with Crippen molar-refractivity contribution in [2.75, 3.05) is 11.9 Å². The summed E-state index contributed by atoms with van der Waals surface area (Å²) in [6, 6.07) is 13.0. The summed E-state index contributed by atoms with van der Waals surface area (Å²) in [6.45, 7) is 3.10. The molecule has 1 amide bonds. The number of rotatable bonds is 5. The topological polar surface area (TPSA) is 46.1 Å². The molecular weight excluding hydrogens is 343 g/mol. The molecule has 3 rings (SSSR count). The zero-order valence-electron chi connectivity index (χ0n) is 14.5. The number of nitrogens with zero attached hydrogens (tertiary/aromatic N) is 1. The molecule has 0 aliphatic carbocycles. The van der Waals surface area contributed by atoms with Gasteiger partial charge in [-0.05, 0) is 38.1 Å². The molecule has 4 nitrogen and oxygen atoms in total. The fourth-order valence-electron chi connectivity index (χ4n) is 3.14. The average molecular weight is 363 g/mol. The van der Waals surface area contributed by atoms with Gasteiger partial charge in [-0.1, -0.05) is 18.2 Å². The van der Waals surface area contributed by atoms with Gasteiger partial charge in [-0.3, -0.25) is 4.79 Å². The molecule has 0 bridgehead atoms. The number of fused-ring (bicyclic) bond motifs is 3. The van der Waals surface area contributed by atoms with Crippen LogP contribution in [0.4, 0.5) is 18.9 Å². The van der Waals surface area contributed by atoms with Gasteiger partial charge < -0.3 is 15.2 Å².